The second-order valence-electron chi connectivity index (χ2n) is 6.25. The van der Waals surface area contributed by atoms with Crippen LogP contribution in [0.15, 0.2) is 35.3 Å². The van der Waals surface area contributed by atoms with Gasteiger partial charge in [0.2, 0.25) is 0 Å². The first-order chi connectivity index (χ1) is 10.8. The number of nitrogen functional groups attached to an aromatic ring is 1. The number of nitrogens with two attached hydrogens (primary N) is 1. The molecule has 0 spiro atoms. The van der Waals surface area contributed by atoms with Gasteiger partial charge in [0.15, 0.2) is 0 Å². The number of hydrogen-bond donors (Lipinski definition) is 2. The van der Waals surface area contributed by atoms with E-state index in [-0.39, 0.29) is 17.0 Å². The second-order valence-corrected chi connectivity index (χ2v) is 6.25. The van der Waals surface area contributed by atoms with Crippen molar-refractivity contribution in [3.8, 4) is 5.75 Å². The maximum Gasteiger partial charge on any atom is 0.147 e. The molecule has 0 aromatic heterocycles. The van der Waals surface area contributed by atoms with E-state index in [1.165, 1.54) is 12.3 Å². The highest BCUT2D eigenvalue weighted by molar-refractivity contribution is 5.92. The van der Waals surface area contributed by atoms with Crippen molar-refractivity contribution in [1.29, 1.82) is 0 Å². The Bertz CT molecular complexity index is 710. The fourth-order valence-corrected chi connectivity index (χ4v) is 2.52. The lowest BCUT2D eigenvalue weighted by atomic mass is 9.93. The van der Waals surface area contributed by atoms with Gasteiger partial charge in [-0.3, -0.25) is 4.99 Å². The molecule has 2 aromatic rings. The topological polar surface area (TPSA) is 58.6 Å². The molecule has 23 heavy (non-hydrogen) atoms. The highest BCUT2D eigenvalue weighted by Gasteiger charge is 2.14. The number of aromatic hydroxyl groups is 1. The lowest BCUT2D eigenvalue weighted by Gasteiger charge is -2.16. The van der Waals surface area contributed by atoms with Crippen LogP contribution in [0.5, 0.6) is 5.75 Å². The second kappa shape index (κ2) is 6.82. The SMILES string of the molecule is CC(C)c1cccc(C(C)C)c1N=Cc1c(O)ccc(F)c1N. The van der Waals surface area contributed by atoms with E-state index >= 15 is 0 Å². The molecule has 4 heteroatoms. The van der Waals surface area contributed by atoms with Crippen LogP contribution in [-0.4, -0.2) is 11.3 Å². The van der Waals surface area contributed by atoms with Crippen LogP contribution in [0.2, 0.25) is 0 Å². The first-order valence-electron chi connectivity index (χ1n) is 7.76. The van der Waals surface area contributed by atoms with Gasteiger partial charge in [-0.2, -0.15) is 0 Å². The average Bonchev–Trinajstić information content (AvgIpc) is 2.50. The van der Waals surface area contributed by atoms with Crippen LogP contribution in [0.1, 0.15) is 56.2 Å². The number of halogens is 1. The number of hydrogen-bond acceptors (Lipinski definition) is 3. The normalized spacial score (nSPS) is 11.8. The van der Waals surface area contributed by atoms with E-state index in [9.17, 15) is 9.50 Å². The number of aliphatic imine (C=N–C) groups is 1. The number of para-hydroxylation sites is 1. The number of phenols is 1. The summed E-state index contributed by atoms with van der Waals surface area (Å²) in [7, 11) is 0. The van der Waals surface area contributed by atoms with E-state index in [1.807, 2.05) is 18.2 Å². The van der Waals surface area contributed by atoms with Gasteiger partial charge in [-0.25, -0.2) is 4.39 Å². The van der Waals surface area contributed by atoms with Crippen molar-refractivity contribution in [3.05, 3.63) is 52.8 Å². The predicted octanol–water partition coefficient (Wildman–Crippen LogP) is 5.11. The summed E-state index contributed by atoms with van der Waals surface area (Å²) in [4.78, 5) is 4.55. The molecular formula is C19H23FN2O. The molecule has 0 radical (unpaired) electrons. The van der Waals surface area contributed by atoms with Gasteiger partial charge in [0.05, 0.1) is 16.9 Å². The van der Waals surface area contributed by atoms with Gasteiger partial charge in [0.1, 0.15) is 11.6 Å². The fraction of sp³-hybridized carbons (Fsp3) is 0.316. The van der Waals surface area contributed by atoms with Crippen molar-refractivity contribution in [2.24, 2.45) is 4.99 Å². The average molecular weight is 314 g/mol. The van der Waals surface area contributed by atoms with Crippen molar-refractivity contribution in [2.75, 3.05) is 5.73 Å². The molecule has 0 saturated heterocycles. The van der Waals surface area contributed by atoms with E-state index in [0.717, 1.165) is 22.9 Å². The van der Waals surface area contributed by atoms with Crippen LogP contribution in [0.3, 0.4) is 0 Å². The Morgan fingerprint density at radius 1 is 1.04 bits per heavy atom. The van der Waals surface area contributed by atoms with Crippen molar-refractivity contribution < 1.29 is 9.50 Å². The molecule has 3 N–H and O–H groups in total. The third kappa shape index (κ3) is 3.52. The van der Waals surface area contributed by atoms with Crippen LogP contribution in [0.25, 0.3) is 0 Å². The van der Waals surface area contributed by atoms with Crippen molar-refractivity contribution >= 4 is 17.6 Å². The van der Waals surface area contributed by atoms with E-state index in [1.54, 1.807) is 0 Å². The third-order valence-corrected chi connectivity index (χ3v) is 3.88. The molecule has 0 atom stereocenters. The van der Waals surface area contributed by atoms with Gasteiger partial charge in [0, 0.05) is 6.21 Å². The highest BCUT2D eigenvalue weighted by atomic mass is 19.1. The quantitative estimate of drug-likeness (QED) is 0.608. The fourth-order valence-electron chi connectivity index (χ4n) is 2.52. The molecule has 0 heterocycles. The van der Waals surface area contributed by atoms with E-state index < -0.39 is 5.82 Å². The first kappa shape index (κ1) is 17.0. The Hall–Kier alpha value is -2.36. The summed E-state index contributed by atoms with van der Waals surface area (Å²) in [5.41, 5.74) is 8.92. The summed E-state index contributed by atoms with van der Waals surface area (Å²) in [5.74, 6) is -0.0372. The molecule has 0 amide bonds. The molecule has 3 nitrogen and oxygen atoms in total. The zero-order chi connectivity index (χ0) is 17.1. The molecule has 0 aliphatic heterocycles. The van der Waals surface area contributed by atoms with E-state index in [2.05, 4.69) is 32.7 Å². The van der Waals surface area contributed by atoms with E-state index in [4.69, 9.17) is 5.73 Å². The number of rotatable bonds is 4. The summed E-state index contributed by atoms with van der Waals surface area (Å²) in [6.45, 7) is 8.41. The summed E-state index contributed by atoms with van der Waals surface area (Å²) < 4.78 is 13.6. The molecule has 2 aromatic carbocycles. The molecule has 0 unspecified atom stereocenters. The Kier molecular flexibility index (Phi) is 5.04. The lowest BCUT2D eigenvalue weighted by molar-refractivity contribution is 0.473. The van der Waals surface area contributed by atoms with Crippen molar-refractivity contribution in [3.63, 3.8) is 0 Å². The Morgan fingerprint density at radius 3 is 2.13 bits per heavy atom. The molecule has 0 aliphatic carbocycles. The summed E-state index contributed by atoms with van der Waals surface area (Å²) in [6, 6.07) is 8.53. The van der Waals surface area contributed by atoms with Crippen LogP contribution in [-0.2, 0) is 0 Å². The van der Waals surface area contributed by atoms with Gasteiger partial charge in [-0.05, 0) is 35.1 Å². The lowest BCUT2D eigenvalue weighted by Crippen LogP contribution is -1.99. The minimum absolute atomic E-state index is 0.0826. The van der Waals surface area contributed by atoms with Gasteiger partial charge in [0.25, 0.3) is 0 Å². The smallest absolute Gasteiger partial charge is 0.147 e. The summed E-state index contributed by atoms with van der Waals surface area (Å²) >= 11 is 0. The number of nitrogens with zero attached hydrogens (tertiary/aromatic N) is 1. The first-order valence-corrected chi connectivity index (χ1v) is 7.76. The van der Waals surface area contributed by atoms with Gasteiger partial charge in [-0.1, -0.05) is 45.9 Å². The molecule has 0 saturated carbocycles. The molecule has 0 fully saturated rings. The van der Waals surface area contributed by atoms with E-state index in [0.29, 0.717) is 11.8 Å². The van der Waals surface area contributed by atoms with Gasteiger partial charge in [-0.15, -0.1) is 0 Å². The van der Waals surface area contributed by atoms with Crippen molar-refractivity contribution in [1.82, 2.24) is 0 Å². The maximum absolute atomic E-state index is 13.6. The van der Waals surface area contributed by atoms with Crippen molar-refractivity contribution in [2.45, 2.75) is 39.5 Å². The summed E-state index contributed by atoms with van der Waals surface area (Å²) in [5, 5.41) is 9.91. The molecule has 122 valence electrons. The standard InChI is InChI=1S/C19H23FN2O/c1-11(2)13-6-5-7-14(12(3)4)19(13)22-10-15-17(23)9-8-16(20)18(15)21/h5-12,23H,21H2,1-4H3. The molecule has 2 rings (SSSR count). The zero-order valence-corrected chi connectivity index (χ0v) is 14.0. The Morgan fingerprint density at radius 2 is 1.61 bits per heavy atom. The molecule has 0 aliphatic rings. The molecule has 0 bridgehead atoms. The number of phenolic OH excluding ortho intramolecular Hbond substituents is 1. The Balaban J connectivity index is 2.58. The van der Waals surface area contributed by atoms with Crippen LogP contribution >= 0.6 is 0 Å². The zero-order valence-electron chi connectivity index (χ0n) is 14.0. The minimum Gasteiger partial charge on any atom is -0.507 e. The van der Waals surface area contributed by atoms with Crippen LogP contribution in [0.4, 0.5) is 15.8 Å². The maximum atomic E-state index is 13.6. The van der Waals surface area contributed by atoms with Crippen LogP contribution < -0.4 is 5.73 Å². The highest BCUT2D eigenvalue weighted by Crippen LogP contribution is 2.35. The molecular weight excluding hydrogens is 291 g/mol. The minimum atomic E-state index is -0.564. The summed E-state index contributed by atoms with van der Waals surface area (Å²) in [6.07, 6.45) is 1.45. The Labute approximate surface area is 136 Å². The largest absolute Gasteiger partial charge is 0.507 e. The predicted molar refractivity (Wildman–Crippen MR) is 94.4 cm³/mol. The van der Waals surface area contributed by atoms with Gasteiger partial charge >= 0.3 is 0 Å². The van der Waals surface area contributed by atoms with Crippen LogP contribution in [0, 0.1) is 5.82 Å². The van der Waals surface area contributed by atoms with Gasteiger partial charge < -0.3 is 10.8 Å². The number of anilines is 1. The monoisotopic (exact) mass is 314 g/mol. The third-order valence-electron chi connectivity index (χ3n) is 3.88. The number of benzene rings is 2.